The average molecular weight is 338 g/mol. The first kappa shape index (κ1) is 15.0. The lowest BCUT2D eigenvalue weighted by Gasteiger charge is -2.16. The molecule has 0 atom stereocenters. The zero-order valence-electron chi connectivity index (χ0n) is 13.2. The first-order chi connectivity index (χ1) is 11.9. The van der Waals surface area contributed by atoms with Crippen molar-refractivity contribution in [3.05, 3.63) is 48.3 Å². The summed E-state index contributed by atoms with van der Waals surface area (Å²) in [5, 5.41) is 13.4. The summed E-state index contributed by atoms with van der Waals surface area (Å²) < 4.78 is 0. The molecule has 0 aliphatic carbocycles. The topological polar surface area (TPSA) is 66.8 Å². The van der Waals surface area contributed by atoms with Gasteiger partial charge in [-0.1, -0.05) is 17.4 Å². The Kier molecular flexibility index (Phi) is 4.33. The molecule has 4 rings (SSSR count). The lowest BCUT2D eigenvalue weighted by Crippen LogP contribution is -2.19. The van der Waals surface area contributed by atoms with Crippen LogP contribution in [0.4, 0.5) is 10.9 Å². The van der Waals surface area contributed by atoms with E-state index in [-0.39, 0.29) is 0 Å². The Morgan fingerprint density at radius 2 is 1.96 bits per heavy atom. The molecular weight excluding hydrogens is 320 g/mol. The van der Waals surface area contributed by atoms with Crippen molar-refractivity contribution in [2.24, 2.45) is 0 Å². The van der Waals surface area contributed by atoms with Crippen molar-refractivity contribution < 1.29 is 0 Å². The maximum absolute atomic E-state index is 4.48. The van der Waals surface area contributed by atoms with E-state index in [1.54, 1.807) is 6.20 Å². The molecule has 4 heterocycles. The molecule has 0 bridgehead atoms. The van der Waals surface area contributed by atoms with Gasteiger partial charge in [0.25, 0.3) is 0 Å². The fourth-order valence-corrected chi connectivity index (χ4v) is 3.47. The number of hydrogen-bond acceptors (Lipinski definition) is 7. The monoisotopic (exact) mass is 338 g/mol. The number of nitrogens with one attached hydrogen (secondary N) is 1. The van der Waals surface area contributed by atoms with Crippen LogP contribution in [0, 0.1) is 0 Å². The van der Waals surface area contributed by atoms with Crippen LogP contribution in [-0.4, -0.2) is 33.3 Å². The standard InChI is InChI=1S/C17H18N6S/c1-2-7-18-14(5-1)16-21-22-17(24-16)20-12-13-6-8-19-15(11-13)23-9-3-4-10-23/h1-2,5-8,11H,3-4,9-10,12H2,(H,20,22). The molecule has 0 unspecified atom stereocenters. The van der Waals surface area contributed by atoms with Gasteiger partial charge in [0.2, 0.25) is 5.13 Å². The molecule has 0 amide bonds. The SMILES string of the molecule is c1ccc(-c2nnc(NCc3ccnc(N4CCCC4)c3)s2)nc1. The van der Waals surface area contributed by atoms with Crippen LogP contribution in [0.5, 0.6) is 0 Å². The van der Waals surface area contributed by atoms with Crippen LogP contribution in [0.2, 0.25) is 0 Å². The van der Waals surface area contributed by atoms with Gasteiger partial charge in [-0.2, -0.15) is 0 Å². The quantitative estimate of drug-likeness (QED) is 0.770. The number of aromatic nitrogens is 4. The molecule has 1 saturated heterocycles. The summed E-state index contributed by atoms with van der Waals surface area (Å²) in [6, 6.07) is 9.97. The maximum atomic E-state index is 4.48. The molecule has 3 aromatic rings. The maximum Gasteiger partial charge on any atom is 0.206 e. The Morgan fingerprint density at radius 3 is 2.79 bits per heavy atom. The highest BCUT2D eigenvalue weighted by Gasteiger charge is 2.13. The Bertz CT molecular complexity index is 798. The first-order valence-electron chi connectivity index (χ1n) is 8.07. The third-order valence-corrected chi connectivity index (χ3v) is 4.90. The van der Waals surface area contributed by atoms with Crippen LogP contribution in [0.1, 0.15) is 18.4 Å². The van der Waals surface area contributed by atoms with E-state index in [1.165, 1.54) is 29.7 Å². The molecule has 0 aromatic carbocycles. The van der Waals surface area contributed by atoms with Crippen LogP contribution in [0.3, 0.4) is 0 Å². The summed E-state index contributed by atoms with van der Waals surface area (Å²) in [4.78, 5) is 11.1. The van der Waals surface area contributed by atoms with Gasteiger partial charge in [0, 0.05) is 32.0 Å². The minimum atomic E-state index is 0.709. The number of nitrogens with zero attached hydrogens (tertiary/aromatic N) is 5. The predicted octanol–water partition coefficient (Wildman–Crippen LogP) is 3.21. The van der Waals surface area contributed by atoms with E-state index in [0.717, 1.165) is 34.7 Å². The summed E-state index contributed by atoms with van der Waals surface area (Å²) >= 11 is 1.51. The Labute approximate surface area is 144 Å². The smallest absolute Gasteiger partial charge is 0.206 e. The molecule has 1 fully saturated rings. The van der Waals surface area contributed by atoms with Crippen molar-refractivity contribution in [3.8, 4) is 10.7 Å². The van der Waals surface area contributed by atoms with E-state index in [2.05, 4.69) is 36.4 Å². The zero-order chi connectivity index (χ0) is 16.2. The number of hydrogen-bond donors (Lipinski definition) is 1. The number of anilines is 2. The van der Waals surface area contributed by atoms with Gasteiger partial charge >= 0.3 is 0 Å². The molecule has 1 aliphatic heterocycles. The van der Waals surface area contributed by atoms with Crippen molar-refractivity contribution in [2.75, 3.05) is 23.3 Å². The minimum Gasteiger partial charge on any atom is -0.357 e. The zero-order valence-corrected chi connectivity index (χ0v) is 14.0. The van der Waals surface area contributed by atoms with Gasteiger partial charge < -0.3 is 10.2 Å². The third kappa shape index (κ3) is 3.35. The van der Waals surface area contributed by atoms with E-state index in [1.807, 2.05) is 30.5 Å². The second kappa shape index (κ2) is 6.92. The number of rotatable bonds is 5. The van der Waals surface area contributed by atoms with Crippen molar-refractivity contribution in [2.45, 2.75) is 19.4 Å². The third-order valence-electron chi connectivity index (χ3n) is 3.99. The Morgan fingerprint density at radius 1 is 1.04 bits per heavy atom. The lowest BCUT2D eigenvalue weighted by atomic mass is 10.2. The molecule has 6 nitrogen and oxygen atoms in total. The van der Waals surface area contributed by atoms with E-state index in [9.17, 15) is 0 Å². The van der Waals surface area contributed by atoms with E-state index in [4.69, 9.17) is 0 Å². The highest BCUT2D eigenvalue weighted by molar-refractivity contribution is 7.18. The summed E-state index contributed by atoms with van der Waals surface area (Å²) in [5.74, 6) is 1.07. The largest absolute Gasteiger partial charge is 0.357 e. The van der Waals surface area contributed by atoms with Crippen molar-refractivity contribution in [1.82, 2.24) is 20.2 Å². The van der Waals surface area contributed by atoms with Gasteiger partial charge in [0.15, 0.2) is 5.01 Å². The number of pyridine rings is 2. The molecule has 24 heavy (non-hydrogen) atoms. The second-order valence-corrected chi connectivity index (χ2v) is 6.67. The van der Waals surface area contributed by atoms with Crippen LogP contribution in [0.15, 0.2) is 42.7 Å². The van der Waals surface area contributed by atoms with Gasteiger partial charge in [-0.3, -0.25) is 4.98 Å². The summed E-state index contributed by atoms with van der Waals surface area (Å²) in [6.07, 6.45) is 6.15. The van der Waals surface area contributed by atoms with Crippen molar-refractivity contribution >= 4 is 22.3 Å². The molecule has 0 saturated carbocycles. The van der Waals surface area contributed by atoms with Gasteiger partial charge in [0.1, 0.15) is 11.5 Å². The summed E-state index contributed by atoms with van der Waals surface area (Å²) in [5.41, 5.74) is 2.05. The van der Waals surface area contributed by atoms with Crippen LogP contribution >= 0.6 is 11.3 Å². The fraction of sp³-hybridized carbons (Fsp3) is 0.294. The van der Waals surface area contributed by atoms with Gasteiger partial charge in [0.05, 0.1) is 0 Å². The molecule has 1 aliphatic rings. The highest BCUT2D eigenvalue weighted by Crippen LogP contribution is 2.25. The molecule has 0 radical (unpaired) electrons. The fourth-order valence-electron chi connectivity index (χ4n) is 2.75. The van der Waals surface area contributed by atoms with Gasteiger partial charge in [-0.25, -0.2) is 4.98 Å². The van der Waals surface area contributed by atoms with Crippen LogP contribution in [-0.2, 0) is 6.54 Å². The lowest BCUT2D eigenvalue weighted by molar-refractivity contribution is 0.931. The molecule has 122 valence electrons. The Balaban J connectivity index is 1.42. The minimum absolute atomic E-state index is 0.709. The molecular formula is C17H18N6S. The molecule has 1 N–H and O–H groups in total. The predicted molar refractivity (Wildman–Crippen MR) is 96.2 cm³/mol. The van der Waals surface area contributed by atoms with Crippen molar-refractivity contribution in [1.29, 1.82) is 0 Å². The Hall–Kier alpha value is -2.54. The van der Waals surface area contributed by atoms with E-state index < -0.39 is 0 Å². The first-order valence-corrected chi connectivity index (χ1v) is 8.89. The second-order valence-electron chi connectivity index (χ2n) is 5.70. The summed E-state index contributed by atoms with van der Waals surface area (Å²) in [6.45, 7) is 2.92. The van der Waals surface area contributed by atoms with Gasteiger partial charge in [-0.05, 0) is 42.7 Å². The van der Waals surface area contributed by atoms with Crippen molar-refractivity contribution in [3.63, 3.8) is 0 Å². The summed E-state index contributed by atoms with van der Waals surface area (Å²) in [7, 11) is 0. The van der Waals surface area contributed by atoms with Crippen LogP contribution < -0.4 is 10.2 Å². The van der Waals surface area contributed by atoms with E-state index in [0.29, 0.717) is 6.54 Å². The van der Waals surface area contributed by atoms with Gasteiger partial charge in [-0.15, -0.1) is 10.2 Å². The molecule has 0 spiro atoms. The molecule has 7 heteroatoms. The normalized spacial score (nSPS) is 14.1. The highest BCUT2D eigenvalue weighted by atomic mass is 32.1. The van der Waals surface area contributed by atoms with Crippen LogP contribution in [0.25, 0.3) is 10.7 Å². The molecule has 3 aromatic heterocycles. The average Bonchev–Trinajstić information content (AvgIpc) is 3.33. The van der Waals surface area contributed by atoms with E-state index >= 15 is 0 Å².